The Morgan fingerprint density at radius 2 is 1.44 bits per heavy atom. The van der Waals surface area contributed by atoms with Crippen LogP contribution in [0.2, 0.25) is 18.6 Å². The zero-order chi connectivity index (χ0) is 21.9. The molecule has 1 saturated carbocycles. The molecule has 0 aromatic heterocycles. The van der Waals surface area contributed by atoms with Crippen LogP contribution in [-0.4, -0.2) is 37.4 Å². The summed E-state index contributed by atoms with van der Waals surface area (Å²) in [7, 11) is -1.90. The van der Waals surface area contributed by atoms with Crippen molar-refractivity contribution in [3.8, 4) is 0 Å². The molecule has 6 rings (SSSR count). The van der Waals surface area contributed by atoms with E-state index < -0.39 is 8.24 Å². The molecule has 2 fully saturated rings. The summed E-state index contributed by atoms with van der Waals surface area (Å²) in [5.41, 5.74) is 3.34. The van der Waals surface area contributed by atoms with Crippen LogP contribution in [0.5, 0.6) is 0 Å². The van der Waals surface area contributed by atoms with Gasteiger partial charge in [-0.15, -0.1) is 0 Å². The molecule has 4 heteroatoms. The van der Waals surface area contributed by atoms with E-state index in [2.05, 4.69) is 115 Å². The summed E-state index contributed by atoms with van der Waals surface area (Å²) in [6.45, 7) is 7.56. The van der Waals surface area contributed by atoms with Crippen LogP contribution in [0.1, 0.15) is 12.5 Å². The highest BCUT2D eigenvalue weighted by atomic mass is 28.3. The Kier molecular flexibility index (Phi) is 4.86. The molecular weight excluding hydrogens is 406 g/mol. The summed E-state index contributed by atoms with van der Waals surface area (Å²) in [5.74, 6) is 2.48. The van der Waals surface area contributed by atoms with E-state index in [0.29, 0.717) is 35.4 Å². The number of aliphatic imine (C=N–C) groups is 1. The van der Waals surface area contributed by atoms with Crippen LogP contribution in [0.15, 0.2) is 90.0 Å². The molecule has 5 aliphatic rings. The van der Waals surface area contributed by atoms with E-state index in [4.69, 9.17) is 4.99 Å². The average molecular weight is 440 g/mol. The summed E-state index contributed by atoms with van der Waals surface area (Å²) in [5, 5.41) is 3.94. The first-order valence-corrected chi connectivity index (χ1v) is 15.1. The topological polar surface area (TPSA) is 27.6 Å². The summed E-state index contributed by atoms with van der Waals surface area (Å²) in [4.78, 5) is 5.08. The van der Waals surface area contributed by atoms with E-state index in [0.717, 1.165) is 0 Å². The van der Waals surface area contributed by atoms with E-state index in [-0.39, 0.29) is 12.2 Å². The van der Waals surface area contributed by atoms with Gasteiger partial charge in [-0.2, -0.15) is 0 Å². The molecule has 0 amide bonds. The van der Waals surface area contributed by atoms with Gasteiger partial charge >= 0.3 is 0 Å². The van der Waals surface area contributed by atoms with Crippen molar-refractivity contribution in [2.75, 3.05) is 0 Å². The Balaban J connectivity index is 1.37. The molecule has 3 aliphatic carbocycles. The maximum Gasteiger partial charge on any atom is 0.130 e. The van der Waals surface area contributed by atoms with Crippen LogP contribution in [0, 0.1) is 23.7 Å². The van der Waals surface area contributed by atoms with Crippen LogP contribution in [0.3, 0.4) is 0 Å². The summed E-state index contributed by atoms with van der Waals surface area (Å²) in [6.07, 6.45) is 23.8. The third kappa shape index (κ3) is 2.97. The van der Waals surface area contributed by atoms with Gasteiger partial charge in [0.1, 0.15) is 14.4 Å². The Morgan fingerprint density at radius 1 is 0.844 bits per heavy atom. The van der Waals surface area contributed by atoms with Gasteiger partial charge in [0.2, 0.25) is 0 Å². The van der Waals surface area contributed by atoms with Crippen LogP contribution >= 0.6 is 0 Å². The van der Waals surface area contributed by atoms with Gasteiger partial charge in [-0.1, -0.05) is 92.0 Å². The van der Waals surface area contributed by atoms with Gasteiger partial charge in [-0.25, -0.2) is 0 Å². The molecule has 1 saturated heterocycles. The fourth-order valence-corrected chi connectivity index (χ4v) is 12.3. The lowest BCUT2D eigenvalue weighted by molar-refractivity contribution is 0.313. The molecule has 32 heavy (non-hydrogen) atoms. The van der Waals surface area contributed by atoms with Crippen LogP contribution in [-0.2, 0) is 0 Å². The molecule has 164 valence electrons. The second-order valence-electron chi connectivity index (χ2n) is 10.5. The first kappa shape index (κ1) is 20.3. The fraction of sp³-hybridized carbons (Fsp3) is 0.393. The van der Waals surface area contributed by atoms with Crippen molar-refractivity contribution in [1.29, 1.82) is 0 Å². The van der Waals surface area contributed by atoms with Gasteiger partial charge in [0.05, 0.1) is 12.2 Å². The van der Waals surface area contributed by atoms with Crippen LogP contribution in [0.4, 0.5) is 0 Å². The predicted molar refractivity (Wildman–Crippen MR) is 137 cm³/mol. The minimum atomic E-state index is -1.90. The number of fused-ring (bicyclic) bond motifs is 4. The van der Waals surface area contributed by atoms with Crippen molar-refractivity contribution in [2.45, 2.75) is 43.9 Å². The highest BCUT2D eigenvalue weighted by Crippen LogP contribution is 2.59. The molecular formula is C28H33N3Si. The zero-order valence-electron chi connectivity index (χ0n) is 19.2. The Labute approximate surface area is 193 Å². The number of dihydropyridines is 1. The predicted octanol–water partition coefficient (Wildman–Crippen LogP) is 5.41. The maximum absolute atomic E-state index is 5.08. The van der Waals surface area contributed by atoms with E-state index in [1.165, 1.54) is 11.1 Å². The number of allylic oxidation sites excluding steroid dienone is 9. The molecule has 2 aliphatic heterocycles. The quantitative estimate of drug-likeness (QED) is 0.638. The average Bonchev–Trinajstić information content (AvgIpc) is 3.34. The first-order valence-electron chi connectivity index (χ1n) is 12.1. The highest BCUT2D eigenvalue weighted by Gasteiger charge is 2.59. The normalized spacial score (nSPS) is 39.7. The molecule has 2 heterocycles. The van der Waals surface area contributed by atoms with Crippen LogP contribution < -0.4 is 5.32 Å². The maximum atomic E-state index is 5.08. The van der Waals surface area contributed by atoms with E-state index >= 15 is 0 Å². The number of hydrogen-bond donors (Lipinski definition) is 1. The second kappa shape index (κ2) is 7.65. The number of nitrogens with one attached hydrogen (secondary N) is 1. The van der Waals surface area contributed by atoms with E-state index in [1.807, 2.05) is 6.21 Å². The summed E-state index contributed by atoms with van der Waals surface area (Å²) in [6, 6.07) is 11.1. The first-order chi connectivity index (χ1) is 15.6. The van der Waals surface area contributed by atoms with Crippen molar-refractivity contribution < 1.29 is 0 Å². The number of benzene rings is 1. The zero-order valence-corrected chi connectivity index (χ0v) is 20.2. The molecule has 1 N–H and O–H groups in total. The van der Waals surface area contributed by atoms with Crippen molar-refractivity contribution >= 4 is 20.0 Å². The second-order valence-corrected chi connectivity index (χ2v) is 14.9. The lowest BCUT2D eigenvalue weighted by atomic mass is 9.83. The summed E-state index contributed by atoms with van der Waals surface area (Å²) < 4.78 is 2.81. The largest absolute Gasteiger partial charge is 0.292 e. The van der Waals surface area contributed by atoms with Crippen LogP contribution in [0.25, 0.3) is 5.57 Å². The van der Waals surface area contributed by atoms with Gasteiger partial charge in [0.15, 0.2) is 0 Å². The number of nitrogens with zero attached hydrogens (tertiary/aromatic N) is 2. The molecule has 0 radical (unpaired) electrons. The van der Waals surface area contributed by atoms with E-state index in [9.17, 15) is 0 Å². The van der Waals surface area contributed by atoms with Gasteiger partial charge in [-0.05, 0) is 53.3 Å². The SMILES string of the molecule is C[C@H]1NC2C(c3ccccc3)=CC=N[C@H]2N1[Si](C)(C)C1C2C=CC=CC2C2C=CC=CC21. The summed E-state index contributed by atoms with van der Waals surface area (Å²) >= 11 is 0. The highest BCUT2D eigenvalue weighted by molar-refractivity contribution is 6.76. The lowest BCUT2D eigenvalue weighted by Crippen LogP contribution is -2.59. The molecule has 0 bridgehead atoms. The molecule has 7 atom stereocenters. The smallest absolute Gasteiger partial charge is 0.130 e. The third-order valence-electron chi connectivity index (χ3n) is 8.56. The molecule has 1 aromatic carbocycles. The Hall–Kier alpha value is -2.27. The molecule has 1 aromatic rings. The van der Waals surface area contributed by atoms with E-state index in [1.54, 1.807) is 0 Å². The van der Waals surface area contributed by atoms with Crippen molar-refractivity contribution in [2.24, 2.45) is 28.7 Å². The Bertz CT molecular complexity index is 1030. The molecule has 3 nitrogen and oxygen atoms in total. The van der Waals surface area contributed by atoms with Crippen molar-refractivity contribution in [3.63, 3.8) is 0 Å². The number of hydrogen-bond acceptors (Lipinski definition) is 3. The van der Waals surface area contributed by atoms with Crippen molar-refractivity contribution in [3.05, 3.63) is 90.6 Å². The van der Waals surface area contributed by atoms with Gasteiger partial charge in [-0.3, -0.25) is 14.9 Å². The van der Waals surface area contributed by atoms with Gasteiger partial charge in [0.25, 0.3) is 0 Å². The Morgan fingerprint density at radius 3 is 2.06 bits per heavy atom. The third-order valence-corrected chi connectivity index (χ3v) is 12.9. The number of rotatable bonds is 3. The molecule has 0 spiro atoms. The standard InChI is InChI=1S/C28H33N3Si/c1-19-30-26-21(20-11-5-4-6-12-20)17-18-29-28(26)31(19)32(2,3)27-24-15-9-7-13-22(24)23-14-8-10-16-25(23)27/h4-19,22-28,30H,1-3H3/t19-,22?,23?,24?,25?,26?,27?,28-/m0/s1. The fourth-order valence-electron chi connectivity index (χ4n) is 7.43. The monoisotopic (exact) mass is 439 g/mol. The van der Waals surface area contributed by atoms with Gasteiger partial charge < -0.3 is 0 Å². The van der Waals surface area contributed by atoms with Crippen molar-refractivity contribution in [1.82, 2.24) is 9.88 Å². The minimum absolute atomic E-state index is 0.176. The van der Waals surface area contributed by atoms with Gasteiger partial charge in [0, 0.05) is 6.21 Å². The molecule has 5 unspecified atom stereocenters. The minimum Gasteiger partial charge on any atom is -0.292 e. The lowest BCUT2D eigenvalue weighted by Gasteiger charge is -2.47.